The predicted molar refractivity (Wildman–Crippen MR) is 45.8 cm³/mol. The van der Waals surface area contributed by atoms with Crippen molar-refractivity contribution in [2.24, 2.45) is 5.73 Å². The van der Waals surface area contributed by atoms with Crippen molar-refractivity contribution in [2.45, 2.75) is 26.7 Å². The van der Waals surface area contributed by atoms with E-state index in [4.69, 9.17) is 10.8 Å². The first kappa shape index (κ1) is 13.3. The first-order chi connectivity index (χ1) is 5.54. The summed E-state index contributed by atoms with van der Waals surface area (Å²) in [6, 6.07) is -0.443. The summed E-state index contributed by atoms with van der Waals surface area (Å²) in [6.45, 7) is 4.24. The third kappa shape index (κ3) is 23.3. The standard InChI is InChI=1S/C4H10N2O.C3H6O2/c1-2-3-6-4(5)7;1-2-3(4)5/h2-3H2,1H3,(H3,5,6,7);2H2,1H3,(H,4,5). The minimum atomic E-state index is -0.745. The Morgan fingerprint density at radius 1 is 1.42 bits per heavy atom. The van der Waals surface area contributed by atoms with Gasteiger partial charge in [-0.05, 0) is 6.42 Å². The fourth-order valence-electron chi connectivity index (χ4n) is 0.248. The number of primary amides is 1. The highest BCUT2D eigenvalue weighted by Crippen LogP contribution is 1.67. The van der Waals surface area contributed by atoms with Gasteiger partial charge in [-0.2, -0.15) is 0 Å². The van der Waals surface area contributed by atoms with Gasteiger partial charge >= 0.3 is 12.0 Å². The average molecular weight is 176 g/mol. The molecule has 2 amide bonds. The van der Waals surface area contributed by atoms with E-state index < -0.39 is 12.0 Å². The van der Waals surface area contributed by atoms with Gasteiger partial charge in [0.05, 0.1) is 0 Å². The first-order valence-electron chi connectivity index (χ1n) is 3.79. The maximum absolute atomic E-state index is 9.87. The predicted octanol–water partition coefficient (Wildman–Crippen LogP) is 0.546. The summed E-state index contributed by atoms with van der Waals surface area (Å²) in [5, 5.41) is 10.2. The summed E-state index contributed by atoms with van der Waals surface area (Å²) in [5.41, 5.74) is 4.73. The molecule has 0 aromatic rings. The van der Waals surface area contributed by atoms with Gasteiger partial charge in [0.25, 0.3) is 0 Å². The molecule has 0 aromatic heterocycles. The van der Waals surface area contributed by atoms with Crippen molar-refractivity contribution in [1.29, 1.82) is 0 Å². The molecule has 0 atom stereocenters. The maximum Gasteiger partial charge on any atom is 0.312 e. The van der Waals surface area contributed by atoms with Gasteiger partial charge in [-0.1, -0.05) is 13.8 Å². The van der Waals surface area contributed by atoms with Gasteiger partial charge in [-0.25, -0.2) is 4.79 Å². The molecule has 0 radical (unpaired) electrons. The monoisotopic (exact) mass is 176 g/mol. The Morgan fingerprint density at radius 2 is 1.83 bits per heavy atom. The summed E-state index contributed by atoms with van der Waals surface area (Å²) in [5.74, 6) is -0.745. The number of carboxylic acids is 1. The number of carbonyl (C=O) groups excluding carboxylic acids is 1. The molecule has 0 rings (SSSR count). The third-order valence-corrected chi connectivity index (χ3v) is 0.852. The molecule has 0 bridgehead atoms. The number of aliphatic carboxylic acids is 1. The van der Waals surface area contributed by atoms with E-state index in [1.165, 1.54) is 0 Å². The SMILES string of the molecule is CCC(=O)O.CCCNC(N)=O. The molecule has 0 unspecified atom stereocenters. The van der Waals surface area contributed by atoms with Crippen molar-refractivity contribution in [3.05, 3.63) is 0 Å². The van der Waals surface area contributed by atoms with E-state index in [1.807, 2.05) is 6.92 Å². The van der Waals surface area contributed by atoms with E-state index in [-0.39, 0.29) is 6.42 Å². The van der Waals surface area contributed by atoms with Crippen molar-refractivity contribution < 1.29 is 14.7 Å². The Balaban J connectivity index is 0. The number of nitrogens with two attached hydrogens (primary N) is 1. The van der Waals surface area contributed by atoms with Crippen LogP contribution in [0, 0.1) is 0 Å². The van der Waals surface area contributed by atoms with E-state index in [1.54, 1.807) is 6.92 Å². The van der Waals surface area contributed by atoms with Crippen LogP contribution in [-0.4, -0.2) is 23.7 Å². The van der Waals surface area contributed by atoms with Crippen LogP contribution in [0.25, 0.3) is 0 Å². The number of amides is 2. The number of hydrogen-bond acceptors (Lipinski definition) is 2. The van der Waals surface area contributed by atoms with E-state index >= 15 is 0 Å². The van der Waals surface area contributed by atoms with Gasteiger partial charge in [-0.3, -0.25) is 4.79 Å². The van der Waals surface area contributed by atoms with Crippen LogP contribution < -0.4 is 11.1 Å². The van der Waals surface area contributed by atoms with E-state index in [0.29, 0.717) is 6.54 Å². The second kappa shape index (κ2) is 9.74. The summed E-state index contributed by atoms with van der Waals surface area (Å²) < 4.78 is 0. The molecule has 0 aliphatic rings. The van der Waals surface area contributed by atoms with Gasteiger partial charge in [-0.15, -0.1) is 0 Å². The van der Waals surface area contributed by atoms with Crippen LogP contribution in [0.4, 0.5) is 4.79 Å². The molecule has 72 valence electrons. The Hall–Kier alpha value is -1.26. The highest BCUT2D eigenvalue weighted by molar-refractivity contribution is 5.71. The largest absolute Gasteiger partial charge is 0.481 e. The number of urea groups is 1. The number of nitrogens with one attached hydrogen (secondary N) is 1. The molecule has 0 aliphatic heterocycles. The zero-order valence-corrected chi connectivity index (χ0v) is 7.46. The highest BCUT2D eigenvalue weighted by atomic mass is 16.4. The first-order valence-corrected chi connectivity index (χ1v) is 3.79. The van der Waals surface area contributed by atoms with Crippen LogP contribution >= 0.6 is 0 Å². The normalized spacial score (nSPS) is 7.83. The van der Waals surface area contributed by atoms with Crippen LogP contribution in [0.2, 0.25) is 0 Å². The van der Waals surface area contributed by atoms with Gasteiger partial charge in [0.15, 0.2) is 0 Å². The van der Waals surface area contributed by atoms with Crippen LogP contribution in [0.5, 0.6) is 0 Å². The molecule has 5 nitrogen and oxygen atoms in total. The second-order valence-electron chi connectivity index (χ2n) is 2.04. The zero-order valence-electron chi connectivity index (χ0n) is 7.46. The number of hydrogen-bond donors (Lipinski definition) is 3. The van der Waals surface area contributed by atoms with Crippen LogP contribution in [0.3, 0.4) is 0 Å². The minimum absolute atomic E-state index is 0.222. The summed E-state index contributed by atoms with van der Waals surface area (Å²) in [4.78, 5) is 19.2. The van der Waals surface area contributed by atoms with Gasteiger partial charge in [0.2, 0.25) is 0 Å². The van der Waals surface area contributed by atoms with Crippen molar-refractivity contribution in [1.82, 2.24) is 5.32 Å². The fraction of sp³-hybridized carbons (Fsp3) is 0.714. The lowest BCUT2D eigenvalue weighted by Crippen LogP contribution is -2.29. The molecular weight excluding hydrogens is 160 g/mol. The van der Waals surface area contributed by atoms with Crippen molar-refractivity contribution >= 4 is 12.0 Å². The Kier molecular flexibility index (Phi) is 10.8. The average Bonchev–Trinajstić information content (AvgIpc) is 2.02. The molecule has 5 heteroatoms. The van der Waals surface area contributed by atoms with Crippen LogP contribution in [0.15, 0.2) is 0 Å². The minimum Gasteiger partial charge on any atom is -0.481 e. The Morgan fingerprint density at radius 3 is 1.92 bits per heavy atom. The van der Waals surface area contributed by atoms with E-state index in [2.05, 4.69) is 5.32 Å². The molecule has 0 heterocycles. The second-order valence-corrected chi connectivity index (χ2v) is 2.04. The van der Waals surface area contributed by atoms with Crippen LogP contribution in [0.1, 0.15) is 26.7 Å². The van der Waals surface area contributed by atoms with Crippen molar-refractivity contribution in [2.75, 3.05) is 6.54 Å². The smallest absolute Gasteiger partial charge is 0.312 e. The van der Waals surface area contributed by atoms with E-state index in [9.17, 15) is 9.59 Å². The molecule has 0 saturated carbocycles. The maximum atomic E-state index is 9.87. The fourth-order valence-corrected chi connectivity index (χ4v) is 0.248. The quantitative estimate of drug-likeness (QED) is 0.586. The molecule has 0 saturated heterocycles. The molecule has 0 aliphatic carbocycles. The molecule has 0 aromatic carbocycles. The highest BCUT2D eigenvalue weighted by Gasteiger charge is 1.83. The molecule has 12 heavy (non-hydrogen) atoms. The Labute approximate surface area is 71.9 Å². The lowest BCUT2D eigenvalue weighted by Gasteiger charge is -1.93. The molecular formula is C7H16N2O3. The Bertz CT molecular complexity index is 137. The van der Waals surface area contributed by atoms with E-state index in [0.717, 1.165) is 6.42 Å². The van der Waals surface area contributed by atoms with Gasteiger partial charge in [0.1, 0.15) is 0 Å². The third-order valence-electron chi connectivity index (χ3n) is 0.852. The number of carbonyl (C=O) groups is 2. The number of carboxylic acid groups (broad SMARTS) is 1. The summed E-state index contributed by atoms with van der Waals surface area (Å²) >= 11 is 0. The molecule has 0 spiro atoms. The van der Waals surface area contributed by atoms with Gasteiger partial charge < -0.3 is 16.2 Å². The summed E-state index contributed by atoms with van der Waals surface area (Å²) in [7, 11) is 0. The lowest BCUT2D eigenvalue weighted by atomic mass is 10.5. The van der Waals surface area contributed by atoms with Crippen molar-refractivity contribution in [3.8, 4) is 0 Å². The molecule has 0 fully saturated rings. The summed E-state index contributed by atoms with van der Waals surface area (Å²) in [6.07, 6.45) is 1.16. The van der Waals surface area contributed by atoms with Crippen molar-refractivity contribution in [3.63, 3.8) is 0 Å². The molecule has 4 N–H and O–H groups in total. The van der Waals surface area contributed by atoms with Crippen LogP contribution in [-0.2, 0) is 4.79 Å². The zero-order chi connectivity index (χ0) is 9.98. The lowest BCUT2D eigenvalue weighted by molar-refractivity contribution is -0.136. The number of rotatable bonds is 3. The topological polar surface area (TPSA) is 92.4 Å². The van der Waals surface area contributed by atoms with Gasteiger partial charge in [0, 0.05) is 13.0 Å².